The van der Waals surface area contributed by atoms with Gasteiger partial charge in [-0.2, -0.15) is 0 Å². The first-order valence-electron chi connectivity index (χ1n) is 11.8. The fraction of sp³-hybridized carbons (Fsp3) is 0.407. The number of benzene rings is 2. The number of nitrogens with two attached hydrogens (primary N) is 1. The smallest absolute Gasteiger partial charge is 0.202 e. The van der Waals surface area contributed by atoms with E-state index in [0.29, 0.717) is 16.2 Å². The van der Waals surface area contributed by atoms with Crippen molar-refractivity contribution in [3.8, 4) is 17.2 Å². The summed E-state index contributed by atoms with van der Waals surface area (Å²) in [5.41, 5.74) is 5.85. The van der Waals surface area contributed by atoms with Crippen molar-refractivity contribution >= 4 is 23.4 Å². The average molecular weight is 496 g/mol. The molecule has 0 amide bonds. The Morgan fingerprint density at radius 3 is 2.53 bits per heavy atom. The van der Waals surface area contributed by atoms with Crippen molar-refractivity contribution < 1.29 is 39.1 Å². The van der Waals surface area contributed by atoms with Gasteiger partial charge in [-0.1, -0.05) is 6.08 Å². The van der Waals surface area contributed by atoms with Crippen molar-refractivity contribution in [1.82, 2.24) is 0 Å². The molecule has 0 radical (unpaired) electrons. The zero-order chi connectivity index (χ0) is 26.1. The number of rotatable bonds is 3. The van der Waals surface area contributed by atoms with Gasteiger partial charge >= 0.3 is 0 Å². The number of ether oxygens (including phenoxy) is 3. The van der Waals surface area contributed by atoms with Crippen molar-refractivity contribution in [3.05, 3.63) is 51.4 Å². The lowest BCUT2D eigenvalue weighted by atomic mass is 9.70. The molecule has 1 heterocycles. The number of ketones is 2. The van der Waals surface area contributed by atoms with Gasteiger partial charge in [0, 0.05) is 28.8 Å². The Hall–Kier alpha value is -3.40. The molecule has 0 bridgehead atoms. The van der Waals surface area contributed by atoms with Crippen molar-refractivity contribution in [3.63, 3.8) is 0 Å². The molecule has 3 aliphatic rings. The van der Waals surface area contributed by atoms with Crippen LogP contribution in [0.5, 0.6) is 17.2 Å². The molecule has 36 heavy (non-hydrogen) atoms. The molecule has 0 aromatic heterocycles. The van der Waals surface area contributed by atoms with Crippen LogP contribution in [0.15, 0.2) is 24.3 Å². The van der Waals surface area contributed by atoms with E-state index in [2.05, 4.69) is 0 Å². The number of carbonyl (C=O) groups excluding carboxylic acids is 2. The van der Waals surface area contributed by atoms with Crippen LogP contribution in [0.25, 0.3) is 11.8 Å². The van der Waals surface area contributed by atoms with E-state index >= 15 is 0 Å². The van der Waals surface area contributed by atoms with Crippen LogP contribution < -0.4 is 25.6 Å². The predicted molar refractivity (Wildman–Crippen MR) is 129 cm³/mol. The third-order valence-electron chi connectivity index (χ3n) is 7.40. The molecule has 9 nitrogen and oxygen atoms in total. The predicted octanol–water partition coefficient (Wildman–Crippen LogP) is 1.07. The summed E-state index contributed by atoms with van der Waals surface area (Å²) in [4.78, 5) is 27.0. The molecule has 0 spiro atoms. The molecular formula is C27H29NO8. The SMILES string of the molecule is COc1cc2c(cc1C)=C(O)C1C(=O)c3c(O)cc(OC4CC(C)(N)C(O)C(C)O4)cc3C(=O)C1C=2. The van der Waals surface area contributed by atoms with Gasteiger partial charge in [0.05, 0.1) is 36.7 Å². The largest absolute Gasteiger partial charge is 0.511 e. The molecule has 2 aliphatic carbocycles. The summed E-state index contributed by atoms with van der Waals surface area (Å²) in [5.74, 6) is -2.98. The molecule has 1 saturated heterocycles. The van der Waals surface area contributed by atoms with E-state index in [0.717, 1.165) is 5.56 Å². The molecule has 1 fully saturated rings. The van der Waals surface area contributed by atoms with Crippen LogP contribution in [-0.4, -0.2) is 58.0 Å². The number of methoxy groups -OCH3 is 1. The molecule has 9 heteroatoms. The summed E-state index contributed by atoms with van der Waals surface area (Å²) in [5, 5.41) is 33.1. The van der Waals surface area contributed by atoms with Gasteiger partial charge in [-0.15, -0.1) is 0 Å². The maximum Gasteiger partial charge on any atom is 0.202 e. The van der Waals surface area contributed by atoms with E-state index in [4.69, 9.17) is 19.9 Å². The van der Waals surface area contributed by atoms with Crippen LogP contribution in [0.2, 0.25) is 0 Å². The highest BCUT2D eigenvalue weighted by Crippen LogP contribution is 2.42. The van der Waals surface area contributed by atoms with Crippen molar-refractivity contribution in [2.45, 2.75) is 51.2 Å². The van der Waals surface area contributed by atoms with Crippen LogP contribution in [-0.2, 0) is 4.74 Å². The summed E-state index contributed by atoms with van der Waals surface area (Å²) in [7, 11) is 1.53. The Bertz CT molecular complexity index is 1410. The molecule has 0 saturated carbocycles. The first kappa shape index (κ1) is 24.3. The fourth-order valence-corrected chi connectivity index (χ4v) is 5.48. The number of hydrogen-bond acceptors (Lipinski definition) is 9. The normalized spacial score (nSPS) is 31.2. The second-order valence-electron chi connectivity index (χ2n) is 10.1. The van der Waals surface area contributed by atoms with Gasteiger partial charge in [0.15, 0.2) is 11.6 Å². The Kier molecular flexibility index (Phi) is 5.62. The number of phenols is 1. The van der Waals surface area contributed by atoms with Gasteiger partial charge in [-0.3, -0.25) is 9.59 Å². The number of carbonyl (C=O) groups is 2. The first-order chi connectivity index (χ1) is 16.9. The molecule has 2 aromatic carbocycles. The molecule has 190 valence electrons. The van der Waals surface area contributed by atoms with Gasteiger partial charge in [0.1, 0.15) is 23.0 Å². The van der Waals surface area contributed by atoms with Crippen molar-refractivity contribution in [2.75, 3.05) is 7.11 Å². The van der Waals surface area contributed by atoms with Crippen LogP contribution >= 0.6 is 0 Å². The number of aliphatic hydroxyl groups excluding tert-OH is 2. The lowest BCUT2D eigenvalue weighted by Crippen LogP contribution is -2.60. The molecule has 1 aliphatic heterocycles. The number of aliphatic hydroxyl groups is 2. The molecule has 6 unspecified atom stereocenters. The number of aromatic hydroxyl groups is 1. The number of aryl methyl sites for hydroxylation is 1. The van der Waals surface area contributed by atoms with Gasteiger partial charge in [-0.05, 0) is 49.8 Å². The minimum Gasteiger partial charge on any atom is -0.511 e. The Labute approximate surface area is 207 Å². The van der Waals surface area contributed by atoms with Gasteiger partial charge in [0.2, 0.25) is 6.29 Å². The Balaban J connectivity index is 1.54. The topological polar surface area (TPSA) is 149 Å². The summed E-state index contributed by atoms with van der Waals surface area (Å²) in [6, 6.07) is 6.08. The highest BCUT2D eigenvalue weighted by molar-refractivity contribution is 6.21. The van der Waals surface area contributed by atoms with Crippen LogP contribution in [0.4, 0.5) is 0 Å². The quantitative estimate of drug-likeness (QED) is 0.491. The van der Waals surface area contributed by atoms with E-state index in [-0.39, 0.29) is 29.1 Å². The zero-order valence-electron chi connectivity index (χ0n) is 20.4. The van der Waals surface area contributed by atoms with Crippen molar-refractivity contribution in [1.29, 1.82) is 0 Å². The van der Waals surface area contributed by atoms with E-state index in [1.54, 1.807) is 32.1 Å². The minimum atomic E-state index is -1.13. The summed E-state index contributed by atoms with van der Waals surface area (Å²) < 4.78 is 16.9. The molecule has 5 N–H and O–H groups in total. The second kappa shape index (κ2) is 8.33. The van der Waals surface area contributed by atoms with Crippen LogP contribution in [0.3, 0.4) is 0 Å². The number of fused-ring (bicyclic) bond motifs is 3. The second-order valence-corrected chi connectivity index (χ2v) is 10.1. The minimum absolute atomic E-state index is 0.00206. The van der Waals surface area contributed by atoms with Crippen LogP contribution in [0, 0.1) is 18.8 Å². The average Bonchev–Trinajstić information content (AvgIpc) is 2.80. The third-order valence-corrected chi connectivity index (χ3v) is 7.40. The lowest BCUT2D eigenvalue weighted by Gasteiger charge is -2.42. The molecule has 5 rings (SSSR count). The van der Waals surface area contributed by atoms with Gasteiger partial charge in [-0.25, -0.2) is 0 Å². The monoisotopic (exact) mass is 495 g/mol. The van der Waals surface area contributed by atoms with Crippen LogP contribution in [0.1, 0.15) is 46.5 Å². The first-order valence-corrected chi connectivity index (χ1v) is 11.8. The maximum atomic E-state index is 13.6. The molecule has 2 aromatic rings. The maximum absolute atomic E-state index is 13.6. The Morgan fingerprint density at radius 1 is 1.14 bits per heavy atom. The van der Waals surface area contributed by atoms with Crippen molar-refractivity contribution in [2.24, 2.45) is 17.6 Å². The summed E-state index contributed by atoms with van der Waals surface area (Å²) in [6.45, 7) is 5.18. The molecular weight excluding hydrogens is 466 g/mol. The Morgan fingerprint density at radius 2 is 1.86 bits per heavy atom. The number of Topliss-reactive ketones (excluding diaryl/α,β-unsaturated/α-hetero) is 2. The number of phenolic OH excluding ortho intramolecular Hbond substituents is 1. The summed E-state index contributed by atoms with van der Waals surface area (Å²) >= 11 is 0. The number of hydrogen-bond donors (Lipinski definition) is 4. The highest BCUT2D eigenvalue weighted by Gasteiger charge is 2.46. The third kappa shape index (κ3) is 3.66. The van der Waals surface area contributed by atoms with E-state index in [1.807, 2.05) is 6.92 Å². The van der Waals surface area contributed by atoms with Gasteiger partial charge < -0.3 is 35.3 Å². The zero-order valence-corrected chi connectivity index (χ0v) is 20.4. The van der Waals surface area contributed by atoms with E-state index < -0.39 is 53.2 Å². The van der Waals surface area contributed by atoms with E-state index in [1.165, 1.54) is 19.2 Å². The summed E-state index contributed by atoms with van der Waals surface area (Å²) in [6.07, 6.45) is -0.490. The lowest BCUT2D eigenvalue weighted by molar-refractivity contribution is -0.204. The van der Waals surface area contributed by atoms with Gasteiger partial charge in [0.25, 0.3) is 0 Å². The standard InChI is InChI=1S/C27H29NO8/c1-11-5-15-13(7-19(11)34-4)6-16-22(24(15)31)25(32)21-17(23(16)30)8-14(9-18(21)29)36-20-10-27(3,28)26(33)12(2)35-20/h5-9,12,16,20,22,26,29,31,33H,10,28H2,1-4H3. The highest BCUT2D eigenvalue weighted by atomic mass is 16.7. The molecule has 6 atom stereocenters. The fourth-order valence-electron chi connectivity index (χ4n) is 5.48. The van der Waals surface area contributed by atoms with E-state index in [9.17, 15) is 24.9 Å².